The molecule has 2 N–H and O–H groups in total. The van der Waals surface area contributed by atoms with Gasteiger partial charge in [-0.3, -0.25) is 0 Å². The Morgan fingerprint density at radius 3 is 2.49 bits per heavy atom. The van der Waals surface area contributed by atoms with Crippen molar-refractivity contribution in [1.29, 1.82) is 0 Å². The van der Waals surface area contributed by atoms with E-state index in [0.29, 0.717) is 56.7 Å². The number of nitrogens with zero attached hydrogens (tertiary/aromatic N) is 1. The van der Waals surface area contributed by atoms with Gasteiger partial charge in [0.2, 0.25) is 0 Å². The van der Waals surface area contributed by atoms with Gasteiger partial charge in [-0.15, -0.1) is 0 Å². The molecule has 3 aromatic carbocycles. The highest BCUT2D eigenvalue weighted by Gasteiger charge is 2.22. The number of hydrogen-bond acceptors (Lipinski definition) is 6. The van der Waals surface area contributed by atoms with E-state index in [1.165, 1.54) is 12.1 Å². The first-order valence-corrected chi connectivity index (χ1v) is 13.3. The van der Waals surface area contributed by atoms with Crippen LogP contribution in [0, 0.1) is 0 Å². The van der Waals surface area contributed by atoms with Crippen LogP contribution in [0.1, 0.15) is 24.4 Å². The number of methoxy groups -OCH3 is 1. The number of nitrogens with one attached hydrogen (secondary N) is 1. The van der Waals surface area contributed by atoms with Crippen molar-refractivity contribution >= 4 is 44.1 Å². The van der Waals surface area contributed by atoms with E-state index in [1.807, 2.05) is 24.3 Å². The zero-order valence-electron chi connectivity index (χ0n) is 19.1. The van der Waals surface area contributed by atoms with E-state index in [2.05, 4.69) is 9.97 Å². The maximum atomic E-state index is 12.1. The van der Waals surface area contributed by atoms with Gasteiger partial charge in [-0.25, -0.2) is 13.4 Å². The van der Waals surface area contributed by atoms with E-state index in [1.54, 1.807) is 32.2 Å². The first-order valence-electron chi connectivity index (χ1n) is 10.9. The number of aromatic nitrogens is 2. The summed E-state index contributed by atoms with van der Waals surface area (Å²) in [5.74, 6) is 0.858. The number of benzene rings is 3. The van der Waals surface area contributed by atoms with Gasteiger partial charge < -0.3 is 19.6 Å². The summed E-state index contributed by atoms with van der Waals surface area (Å²) in [4.78, 5) is 7.80. The fourth-order valence-corrected chi connectivity index (χ4v) is 5.28. The van der Waals surface area contributed by atoms with E-state index in [9.17, 15) is 13.5 Å². The Morgan fingerprint density at radius 2 is 1.80 bits per heavy atom. The lowest BCUT2D eigenvalue weighted by molar-refractivity contribution is 0.146. The number of ether oxygens (including phenoxy) is 2. The molecular formula is C25H24Cl2N2O5S. The summed E-state index contributed by atoms with van der Waals surface area (Å²) in [5, 5.41) is 11.6. The number of fused-ring (bicyclic) bond motifs is 1. The number of halogens is 2. The normalized spacial score (nSPS) is 12.7. The Bertz CT molecular complexity index is 1450. The molecule has 184 valence electrons. The van der Waals surface area contributed by atoms with Crippen LogP contribution in [0.2, 0.25) is 10.0 Å². The van der Waals surface area contributed by atoms with Crippen LogP contribution in [0.25, 0.3) is 22.2 Å². The molecular weight excluding hydrogens is 511 g/mol. The van der Waals surface area contributed by atoms with Crippen molar-refractivity contribution in [3.05, 3.63) is 76.0 Å². The number of sulfone groups is 1. The Hall–Kier alpha value is -2.62. The van der Waals surface area contributed by atoms with Gasteiger partial charge in [-0.1, -0.05) is 60.5 Å². The molecule has 0 fully saturated rings. The predicted molar refractivity (Wildman–Crippen MR) is 137 cm³/mol. The van der Waals surface area contributed by atoms with Crippen molar-refractivity contribution in [2.24, 2.45) is 0 Å². The smallest absolute Gasteiger partial charge is 0.178 e. The van der Waals surface area contributed by atoms with E-state index in [-0.39, 0.29) is 16.5 Å². The first-order chi connectivity index (χ1) is 16.8. The van der Waals surface area contributed by atoms with Crippen molar-refractivity contribution < 1.29 is 23.0 Å². The predicted octanol–water partition coefficient (Wildman–Crippen LogP) is 5.44. The van der Waals surface area contributed by atoms with Crippen molar-refractivity contribution in [2.45, 2.75) is 17.9 Å². The monoisotopic (exact) mass is 534 g/mol. The quantitative estimate of drug-likeness (QED) is 0.277. The van der Waals surface area contributed by atoms with Gasteiger partial charge in [0.15, 0.2) is 9.84 Å². The summed E-state index contributed by atoms with van der Waals surface area (Å²) in [7, 11) is -1.73. The molecule has 0 saturated heterocycles. The van der Waals surface area contributed by atoms with Gasteiger partial charge >= 0.3 is 0 Å². The summed E-state index contributed by atoms with van der Waals surface area (Å²) in [6.07, 6.45) is -1.12. The Balaban J connectivity index is 1.72. The van der Waals surface area contributed by atoms with Gasteiger partial charge in [-0.05, 0) is 29.8 Å². The molecule has 10 heteroatoms. The Morgan fingerprint density at radius 1 is 1.09 bits per heavy atom. The highest BCUT2D eigenvalue weighted by molar-refractivity contribution is 7.91. The molecule has 4 rings (SSSR count). The van der Waals surface area contributed by atoms with Gasteiger partial charge in [0.05, 0.1) is 32.8 Å². The minimum absolute atomic E-state index is 0.000611. The number of aliphatic hydroxyl groups is 1. The van der Waals surface area contributed by atoms with Crippen molar-refractivity contribution in [2.75, 3.05) is 26.1 Å². The molecule has 1 unspecified atom stereocenters. The lowest BCUT2D eigenvalue weighted by Gasteiger charge is -2.14. The van der Waals surface area contributed by atoms with Crippen LogP contribution in [-0.2, 0) is 14.6 Å². The molecule has 0 saturated carbocycles. The highest BCUT2D eigenvalue weighted by Crippen LogP contribution is 2.43. The summed E-state index contributed by atoms with van der Waals surface area (Å²) in [6.45, 7) is 2.38. The van der Waals surface area contributed by atoms with E-state index >= 15 is 0 Å². The molecule has 1 heterocycles. The second kappa shape index (κ2) is 10.6. The standard InChI is InChI=1S/C25H24Cl2N2O5S/c1-3-35(31,32)16-10-8-15(9-11-16)24(30)25-28-19-14-18(26)21(22(27)23(19)29-25)17-6-4-5-7-20(17)34-13-12-33-2/h4-11,14,24,30H,3,12-13H2,1-2H3,(H,28,29). The second-order valence-corrected chi connectivity index (χ2v) is 10.8. The van der Waals surface area contributed by atoms with Gasteiger partial charge in [0.25, 0.3) is 0 Å². The summed E-state index contributed by atoms with van der Waals surface area (Å²) in [5.41, 5.74) is 2.75. The molecule has 0 radical (unpaired) electrons. The summed E-state index contributed by atoms with van der Waals surface area (Å²) < 4.78 is 35.0. The molecule has 1 atom stereocenters. The average molecular weight is 535 g/mol. The minimum Gasteiger partial charge on any atom is -0.491 e. The molecule has 4 aromatic rings. The Labute approximate surface area is 213 Å². The topological polar surface area (TPSA) is 102 Å². The van der Waals surface area contributed by atoms with Crippen molar-refractivity contribution in [3.8, 4) is 16.9 Å². The van der Waals surface area contributed by atoms with Crippen LogP contribution >= 0.6 is 23.2 Å². The van der Waals surface area contributed by atoms with Crippen LogP contribution in [0.4, 0.5) is 0 Å². The third kappa shape index (κ3) is 5.17. The third-order valence-electron chi connectivity index (χ3n) is 5.58. The fourth-order valence-electron chi connectivity index (χ4n) is 3.69. The fraction of sp³-hybridized carbons (Fsp3) is 0.240. The van der Waals surface area contributed by atoms with Crippen molar-refractivity contribution in [1.82, 2.24) is 9.97 Å². The largest absolute Gasteiger partial charge is 0.491 e. The molecule has 0 bridgehead atoms. The molecule has 0 spiro atoms. The molecule has 0 aliphatic rings. The lowest BCUT2D eigenvalue weighted by atomic mass is 10.0. The zero-order valence-corrected chi connectivity index (χ0v) is 21.4. The van der Waals surface area contributed by atoms with Crippen molar-refractivity contribution in [3.63, 3.8) is 0 Å². The van der Waals surface area contributed by atoms with Crippen LogP contribution in [0.15, 0.2) is 59.5 Å². The lowest BCUT2D eigenvalue weighted by Crippen LogP contribution is -2.05. The maximum Gasteiger partial charge on any atom is 0.178 e. The van der Waals surface area contributed by atoms with Gasteiger partial charge in [0, 0.05) is 18.2 Å². The molecule has 1 aromatic heterocycles. The first kappa shape index (κ1) is 25.5. The van der Waals surface area contributed by atoms with Crippen LogP contribution in [-0.4, -0.2) is 49.6 Å². The maximum absolute atomic E-state index is 12.1. The summed E-state index contributed by atoms with van der Waals surface area (Å²) in [6, 6.07) is 15.2. The van der Waals surface area contributed by atoms with Crippen LogP contribution in [0.5, 0.6) is 5.75 Å². The van der Waals surface area contributed by atoms with Gasteiger partial charge in [0.1, 0.15) is 29.8 Å². The number of aliphatic hydroxyl groups excluding tert-OH is 1. The molecule has 7 nitrogen and oxygen atoms in total. The van der Waals surface area contributed by atoms with E-state index in [0.717, 1.165) is 0 Å². The average Bonchev–Trinajstić information content (AvgIpc) is 3.29. The van der Waals surface area contributed by atoms with E-state index < -0.39 is 15.9 Å². The third-order valence-corrected chi connectivity index (χ3v) is 8.00. The highest BCUT2D eigenvalue weighted by atomic mass is 35.5. The molecule has 0 aliphatic heterocycles. The SMILES string of the molecule is CCS(=O)(=O)c1ccc(C(O)c2nc3c(Cl)c(-c4ccccc4OCCOC)c(Cl)cc3[nH]2)cc1. The van der Waals surface area contributed by atoms with E-state index in [4.69, 9.17) is 32.7 Å². The van der Waals surface area contributed by atoms with Gasteiger partial charge in [-0.2, -0.15) is 0 Å². The number of H-pyrrole nitrogens is 1. The number of para-hydroxylation sites is 1. The Kier molecular flexibility index (Phi) is 7.68. The summed E-state index contributed by atoms with van der Waals surface area (Å²) >= 11 is 13.4. The molecule has 0 amide bonds. The number of rotatable bonds is 9. The number of aromatic amines is 1. The van der Waals surface area contributed by atoms with Crippen LogP contribution in [0.3, 0.4) is 0 Å². The number of hydrogen-bond donors (Lipinski definition) is 2. The van der Waals surface area contributed by atoms with Crippen LogP contribution < -0.4 is 4.74 Å². The minimum atomic E-state index is -3.33. The zero-order chi connectivity index (χ0) is 25.2. The molecule has 35 heavy (non-hydrogen) atoms. The second-order valence-electron chi connectivity index (χ2n) is 7.78. The number of imidazole rings is 1. The molecule has 0 aliphatic carbocycles.